The molecule has 3 rings (SSSR count). The second-order valence-electron chi connectivity index (χ2n) is 4.36. The molecule has 2 N–H and O–H groups in total. The number of benzene rings is 1. The van der Waals surface area contributed by atoms with Crippen LogP contribution in [-0.4, -0.2) is 45.5 Å². The molecular formula is C12H12N4O3. The Morgan fingerprint density at radius 1 is 1.26 bits per heavy atom. The van der Waals surface area contributed by atoms with Crippen LogP contribution in [0.2, 0.25) is 0 Å². The van der Waals surface area contributed by atoms with Crippen LogP contribution >= 0.6 is 0 Å². The van der Waals surface area contributed by atoms with Crippen LogP contribution in [0, 0.1) is 5.92 Å². The van der Waals surface area contributed by atoms with Gasteiger partial charge in [-0.1, -0.05) is 12.1 Å². The maximum atomic E-state index is 11.0. The van der Waals surface area contributed by atoms with Crippen LogP contribution < -0.4 is 5.32 Å². The first-order valence-electron chi connectivity index (χ1n) is 5.90. The lowest BCUT2D eigenvalue weighted by molar-refractivity contribution is -0.141. The quantitative estimate of drug-likeness (QED) is 0.831. The number of nitrogens with one attached hydrogen (secondary N) is 1. The van der Waals surface area contributed by atoms with Crippen molar-refractivity contribution in [3.05, 3.63) is 24.3 Å². The molecule has 19 heavy (non-hydrogen) atoms. The third-order valence-corrected chi connectivity index (χ3v) is 3.07. The number of nitrogens with zero attached hydrogens (tertiary/aromatic N) is 3. The smallest absolute Gasteiger partial charge is 0.311 e. The fourth-order valence-electron chi connectivity index (χ4n) is 2.05. The summed E-state index contributed by atoms with van der Waals surface area (Å²) in [5, 5.41) is 20.0. The Hall–Kier alpha value is -2.28. The minimum Gasteiger partial charge on any atom is -0.481 e. The summed E-state index contributed by atoms with van der Waals surface area (Å²) >= 11 is 0. The van der Waals surface area contributed by atoms with Gasteiger partial charge >= 0.3 is 5.97 Å². The molecule has 7 heteroatoms. The first kappa shape index (κ1) is 11.8. The average molecular weight is 260 g/mol. The minimum absolute atomic E-state index is 0.202. The van der Waals surface area contributed by atoms with Gasteiger partial charge in [0.25, 0.3) is 0 Å². The van der Waals surface area contributed by atoms with E-state index >= 15 is 0 Å². The predicted octanol–water partition coefficient (Wildman–Crippen LogP) is 0.536. The molecule has 0 radical (unpaired) electrons. The third-order valence-electron chi connectivity index (χ3n) is 3.07. The highest BCUT2D eigenvalue weighted by molar-refractivity contribution is 5.74. The molecule has 2 atom stereocenters. The molecule has 1 saturated heterocycles. The zero-order valence-electron chi connectivity index (χ0n) is 9.98. The number of rotatable bonds is 3. The van der Waals surface area contributed by atoms with Crippen LogP contribution in [0.5, 0.6) is 0 Å². The summed E-state index contributed by atoms with van der Waals surface area (Å²) in [5.74, 6) is -1.15. The Balaban J connectivity index is 1.83. The Morgan fingerprint density at radius 2 is 2.05 bits per heavy atom. The third kappa shape index (κ3) is 2.32. The summed E-state index contributed by atoms with van der Waals surface area (Å²) in [6.45, 7) is 0.529. The molecule has 7 nitrogen and oxygen atoms in total. The number of fused-ring (bicyclic) bond motifs is 1. The number of ether oxygens (including phenoxy) is 1. The lowest BCUT2D eigenvalue weighted by atomic mass is 10.0. The molecule has 0 bridgehead atoms. The van der Waals surface area contributed by atoms with Crippen molar-refractivity contribution < 1.29 is 14.6 Å². The van der Waals surface area contributed by atoms with E-state index in [1.807, 2.05) is 24.3 Å². The van der Waals surface area contributed by atoms with E-state index in [1.54, 1.807) is 0 Å². The van der Waals surface area contributed by atoms with Gasteiger partial charge in [0.1, 0.15) is 11.4 Å². The highest BCUT2D eigenvalue weighted by Gasteiger charge is 2.34. The number of anilines is 1. The first-order chi connectivity index (χ1) is 9.24. The van der Waals surface area contributed by atoms with Gasteiger partial charge in [0.05, 0.1) is 24.8 Å². The topological polar surface area (TPSA) is 97.2 Å². The lowest BCUT2D eigenvalue weighted by Crippen LogP contribution is -2.33. The van der Waals surface area contributed by atoms with Gasteiger partial charge in [0.2, 0.25) is 5.95 Å². The summed E-state index contributed by atoms with van der Waals surface area (Å²) in [7, 11) is 0. The van der Waals surface area contributed by atoms with E-state index in [9.17, 15) is 4.79 Å². The second kappa shape index (κ2) is 4.77. The number of carboxylic acid groups (broad SMARTS) is 1. The molecule has 2 unspecified atom stereocenters. The lowest BCUT2D eigenvalue weighted by Gasteiger charge is -2.15. The van der Waals surface area contributed by atoms with Crippen LogP contribution in [0.3, 0.4) is 0 Å². The van der Waals surface area contributed by atoms with Gasteiger partial charge in [-0.05, 0) is 12.1 Å². The molecule has 0 aliphatic carbocycles. The standard InChI is InChI=1S/C12H12N4O3/c17-11(18)7-5-19-6-10(7)14-12-13-8-3-1-2-4-9(8)15-16-12/h1-4,7,10H,5-6H2,(H,17,18)(H,13,14,16). The van der Waals surface area contributed by atoms with Gasteiger partial charge < -0.3 is 15.2 Å². The average Bonchev–Trinajstić information content (AvgIpc) is 2.87. The largest absolute Gasteiger partial charge is 0.481 e. The van der Waals surface area contributed by atoms with E-state index in [0.29, 0.717) is 23.6 Å². The maximum Gasteiger partial charge on any atom is 0.311 e. The van der Waals surface area contributed by atoms with Gasteiger partial charge in [-0.3, -0.25) is 4.79 Å². The fraction of sp³-hybridized carbons (Fsp3) is 0.333. The Morgan fingerprint density at radius 3 is 2.84 bits per heavy atom. The molecule has 1 aliphatic heterocycles. The molecular weight excluding hydrogens is 248 g/mol. The van der Waals surface area contributed by atoms with E-state index in [4.69, 9.17) is 9.84 Å². The van der Waals surface area contributed by atoms with Crippen LogP contribution in [0.1, 0.15) is 0 Å². The number of carboxylic acids is 1. The molecule has 0 amide bonds. The summed E-state index contributed by atoms with van der Waals surface area (Å²) in [6, 6.07) is 7.03. The van der Waals surface area contributed by atoms with Crippen molar-refractivity contribution in [1.29, 1.82) is 0 Å². The SMILES string of the molecule is O=C(O)C1COCC1Nc1nnc2ccccc2n1. The second-order valence-corrected chi connectivity index (χ2v) is 4.36. The molecule has 2 heterocycles. The Labute approximate surface area is 108 Å². The number of aromatic nitrogens is 3. The van der Waals surface area contributed by atoms with Crippen molar-refractivity contribution >= 4 is 23.0 Å². The molecule has 0 spiro atoms. The molecule has 1 aromatic heterocycles. The van der Waals surface area contributed by atoms with Crippen LogP contribution in [0.15, 0.2) is 24.3 Å². The van der Waals surface area contributed by atoms with Gasteiger partial charge in [-0.25, -0.2) is 4.98 Å². The number of hydrogen-bond donors (Lipinski definition) is 2. The number of para-hydroxylation sites is 1. The van der Waals surface area contributed by atoms with Gasteiger partial charge in [0.15, 0.2) is 0 Å². The van der Waals surface area contributed by atoms with Gasteiger partial charge in [0, 0.05) is 0 Å². The zero-order chi connectivity index (χ0) is 13.2. The number of aliphatic carboxylic acids is 1. The van der Waals surface area contributed by atoms with Crippen molar-refractivity contribution in [2.24, 2.45) is 5.92 Å². The highest BCUT2D eigenvalue weighted by Crippen LogP contribution is 2.18. The van der Waals surface area contributed by atoms with E-state index in [2.05, 4.69) is 20.5 Å². The summed E-state index contributed by atoms with van der Waals surface area (Å²) in [6.07, 6.45) is 0. The van der Waals surface area contributed by atoms with Crippen molar-refractivity contribution in [2.45, 2.75) is 6.04 Å². The minimum atomic E-state index is -0.885. The maximum absolute atomic E-state index is 11.0. The Bertz CT molecular complexity index is 619. The van der Waals surface area contributed by atoms with Gasteiger partial charge in [-0.2, -0.15) is 0 Å². The molecule has 1 fully saturated rings. The summed E-state index contributed by atoms with van der Waals surface area (Å²) in [4.78, 5) is 15.3. The van der Waals surface area contributed by atoms with Crippen LogP contribution in [0.4, 0.5) is 5.95 Å². The molecule has 2 aromatic rings. The predicted molar refractivity (Wildman–Crippen MR) is 66.7 cm³/mol. The fourth-order valence-corrected chi connectivity index (χ4v) is 2.05. The van der Waals surface area contributed by atoms with Crippen LogP contribution in [-0.2, 0) is 9.53 Å². The summed E-state index contributed by atoms with van der Waals surface area (Å²) in [5.41, 5.74) is 1.41. The van der Waals surface area contributed by atoms with Crippen molar-refractivity contribution in [3.63, 3.8) is 0 Å². The van der Waals surface area contributed by atoms with E-state index < -0.39 is 11.9 Å². The van der Waals surface area contributed by atoms with Crippen molar-refractivity contribution in [2.75, 3.05) is 18.5 Å². The van der Waals surface area contributed by atoms with Crippen molar-refractivity contribution in [1.82, 2.24) is 15.2 Å². The monoisotopic (exact) mass is 260 g/mol. The van der Waals surface area contributed by atoms with Crippen molar-refractivity contribution in [3.8, 4) is 0 Å². The number of carbonyl (C=O) groups is 1. The molecule has 98 valence electrons. The highest BCUT2D eigenvalue weighted by atomic mass is 16.5. The van der Waals surface area contributed by atoms with Crippen LogP contribution in [0.25, 0.3) is 11.0 Å². The molecule has 0 saturated carbocycles. The first-order valence-corrected chi connectivity index (χ1v) is 5.90. The van der Waals surface area contributed by atoms with E-state index in [-0.39, 0.29) is 12.6 Å². The molecule has 1 aromatic carbocycles. The van der Waals surface area contributed by atoms with E-state index in [1.165, 1.54) is 0 Å². The summed E-state index contributed by atoms with van der Waals surface area (Å²) < 4.78 is 5.17. The normalized spacial score (nSPS) is 22.5. The Kier molecular flexibility index (Phi) is 2.96. The van der Waals surface area contributed by atoms with Gasteiger partial charge in [-0.15, -0.1) is 10.2 Å². The molecule has 1 aliphatic rings. The van der Waals surface area contributed by atoms with E-state index in [0.717, 1.165) is 0 Å². The zero-order valence-corrected chi connectivity index (χ0v) is 9.98. The number of hydrogen-bond acceptors (Lipinski definition) is 6.